The van der Waals surface area contributed by atoms with Gasteiger partial charge in [-0.15, -0.1) is 0 Å². The number of halogens is 1. The van der Waals surface area contributed by atoms with Crippen LogP contribution in [0.2, 0.25) is 0 Å². The van der Waals surface area contributed by atoms with Crippen molar-refractivity contribution in [2.24, 2.45) is 0 Å². The van der Waals surface area contributed by atoms with E-state index in [4.69, 9.17) is 4.74 Å². The van der Waals surface area contributed by atoms with E-state index in [9.17, 15) is 9.59 Å². The highest BCUT2D eigenvalue weighted by Crippen LogP contribution is 2.18. The lowest BCUT2D eigenvalue weighted by atomic mass is 10.2. The minimum Gasteiger partial charge on any atom is -0.459 e. The zero-order valence-electron chi connectivity index (χ0n) is 11.6. The molecular formula is C15H16BrNO3. The molecular weight excluding hydrogens is 322 g/mol. The van der Waals surface area contributed by atoms with Crippen molar-refractivity contribution in [2.45, 2.75) is 32.9 Å². The fraction of sp³-hybridized carbons (Fsp3) is 0.333. The summed E-state index contributed by atoms with van der Waals surface area (Å²) < 4.78 is 7.61. The van der Waals surface area contributed by atoms with Crippen molar-refractivity contribution in [1.82, 2.24) is 4.57 Å². The van der Waals surface area contributed by atoms with Crippen molar-refractivity contribution in [2.75, 3.05) is 0 Å². The summed E-state index contributed by atoms with van der Waals surface area (Å²) in [5.41, 5.74) is -0.0638. The van der Waals surface area contributed by atoms with E-state index in [0.29, 0.717) is 5.52 Å². The predicted octanol–water partition coefficient (Wildman–Crippen LogP) is 3.11. The Kier molecular flexibility index (Phi) is 3.99. The van der Waals surface area contributed by atoms with Gasteiger partial charge in [-0.3, -0.25) is 14.2 Å². The number of aromatic nitrogens is 1. The summed E-state index contributed by atoms with van der Waals surface area (Å²) in [6.45, 7) is 5.31. The number of pyridine rings is 1. The molecule has 2 aromatic rings. The lowest BCUT2D eigenvalue weighted by Crippen LogP contribution is -2.30. The summed E-state index contributed by atoms with van der Waals surface area (Å²) >= 11 is 3.39. The van der Waals surface area contributed by atoms with Crippen LogP contribution in [-0.2, 0) is 16.1 Å². The van der Waals surface area contributed by atoms with Crippen LogP contribution in [0.3, 0.4) is 0 Å². The molecule has 4 nitrogen and oxygen atoms in total. The third-order valence-corrected chi connectivity index (χ3v) is 3.15. The van der Waals surface area contributed by atoms with E-state index in [0.717, 1.165) is 9.86 Å². The Hall–Kier alpha value is -1.62. The summed E-state index contributed by atoms with van der Waals surface area (Å²) in [5.74, 6) is -0.421. The molecule has 2 rings (SSSR count). The maximum atomic E-state index is 12.0. The number of fused-ring (bicyclic) bond motifs is 1. The number of hydrogen-bond acceptors (Lipinski definition) is 3. The van der Waals surface area contributed by atoms with Crippen LogP contribution in [0.4, 0.5) is 0 Å². The molecule has 20 heavy (non-hydrogen) atoms. The standard InChI is InChI=1S/C15H16BrNO3/c1-15(2,3)20-14(19)9-17-12-6-5-11(16)8-10(12)4-7-13(17)18/h4-8H,9H2,1-3H3. The Labute approximate surface area is 125 Å². The number of esters is 1. The van der Waals surface area contributed by atoms with Crippen LogP contribution in [0.5, 0.6) is 0 Å². The molecule has 0 N–H and O–H groups in total. The van der Waals surface area contributed by atoms with Crippen molar-refractivity contribution < 1.29 is 9.53 Å². The van der Waals surface area contributed by atoms with Gasteiger partial charge >= 0.3 is 5.97 Å². The van der Waals surface area contributed by atoms with Crippen LogP contribution in [0.1, 0.15) is 20.8 Å². The molecule has 0 unspecified atom stereocenters. The Morgan fingerprint density at radius 3 is 2.60 bits per heavy atom. The predicted molar refractivity (Wildman–Crippen MR) is 81.8 cm³/mol. The highest BCUT2D eigenvalue weighted by atomic mass is 79.9. The van der Waals surface area contributed by atoms with Crippen LogP contribution in [0.15, 0.2) is 39.6 Å². The van der Waals surface area contributed by atoms with Crippen molar-refractivity contribution in [3.63, 3.8) is 0 Å². The average molecular weight is 338 g/mol. The SMILES string of the molecule is CC(C)(C)OC(=O)Cn1c(=O)ccc2cc(Br)ccc21. The second kappa shape index (κ2) is 5.40. The molecule has 1 aromatic heterocycles. The molecule has 0 aliphatic rings. The Balaban J connectivity index is 2.41. The van der Waals surface area contributed by atoms with Gasteiger partial charge in [0.2, 0.25) is 0 Å². The molecule has 5 heteroatoms. The smallest absolute Gasteiger partial charge is 0.326 e. The molecule has 0 radical (unpaired) electrons. The zero-order chi connectivity index (χ0) is 14.9. The monoisotopic (exact) mass is 337 g/mol. The maximum absolute atomic E-state index is 12.0. The van der Waals surface area contributed by atoms with E-state index in [1.165, 1.54) is 10.6 Å². The topological polar surface area (TPSA) is 48.3 Å². The first kappa shape index (κ1) is 14.8. The third kappa shape index (κ3) is 3.48. The van der Waals surface area contributed by atoms with Crippen molar-refractivity contribution in [3.05, 3.63) is 45.2 Å². The summed E-state index contributed by atoms with van der Waals surface area (Å²) in [6.07, 6.45) is 0. The summed E-state index contributed by atoms with van der Waals surface area (Å²) in [7, 11) is 0. The van der Waals surface area contributed by atoms with E-state index < -0.39 is 11.6 Å². The van der Waals surface area contributed by atoms with Gasteiger partial charge in [-0.2, -0.15) is 0 Å². The molecule has 0 aliphatic carbocycles. The number of carbonyl (C=O) groups is 1. The number of nitrogens with zero attached hydrogens (tertiary/aromatic N) is 1. The van der Waals surface area contributed by atoms with E-state index in [1.807, 2.05) is 18.2 Å². The maximum Gasteiger partial charge on any atom is 0.326 e. The molecule has 0 fully saturated rings. The molecule has 0 spiro atoms. The van der Waals surface area contributed by atoms with Gasteiger partial charge in [0, 0.05) is 10.5 Å². The lowest BCUT2D eigenvalue weighted by molar-refractivity contribution is -0.155. The van der Waals surface area contributed by atoms with Gasteiger partial charge in [0.25, 0.3) is 5.56 Å². The number of rotatable bonds is 2. The van der Waals surface area contributed by atoms with Crippen LogP contribution >= 0.6 is 15.9 Å². The van der Waals surface area contributed by atoms with Crippen LogP contribution in [0.25, 0.3) is 10.9 Å². The zero-order valence-corrected chi connectivity index (χ0v) is 13.2. The summed E-state index contributed by atoms with van der Waals surface area (Å²) in [6, 6.07) is 8.76. The molecule has 0 saturated carbocycles. The van der Waals surface area contributed by atoms with Gasteiger partial charge < -0.3 is 4.74 Å². The Morgan fingerprint density at radius 2 is 1.95 bits per heavy atom. The fourth-order valence-corrected chi connectivity index (χ4v) is 2.32. The average Bonchev–Trinajstić information content (AvgIpc) is 2.30. The normalized spacial score (nSPS) is 11.6. The minimum atomic E-state index is -0.561. The van der Waals surface area contributed by atoms with Crippen LogP contribution < -0.4 is 5.56 Å². The Bertz CT molecular complexity index is 713. The molecule has 0 amide bonds. The van der Waals surface area contributed by atoms with Crippen molar-refractivity contribution in [1.29, 1.82) is 0 Å². The largest absolute Gasteiger partial charge is 0.459 e. The van der Waals surface area contributed by atoms with Gasteiger partial charge in [0.05, 0.1) is 5.52 Å². The van der Waals surface area contributed by atoms with Gasteiger partial charge in [-0.05, 0) is 50.4 Å². The van der Waals surface area contributed by atoms with Crippen molar-refractivity contribution >= 4 is 32.8 Å². The second-order valence-corrected chi connectivity index (χ2v) is 6.46. The third-order valence-electron chi connectivity index (χ3n) is 2.66. The first-order valence-corrected chi connectivity index (χ1v) is 7.06. The molecule has 0 saturated heterocycles. The number of ether oxygens (including phenoxy) is 1. The van der Waals surface area contributed by atoms with Gasteiger partial charge in [-0.1, -0.05) is 15.9 Å². The quantitative estimate of drug-likeness (QED) is 0.791. The molecule has 0 atom stereocenters. The summed E-state index contributed by atoms with van der Waals surface area (Å²) in [4.78, 5) is 23.9. The number of benzene rings is 1. The minimum absolute atomic E-state index is 0.0882. The molecule has 0 aliphatic heterocycles. The first-order valence-electron chi connectivity index (χ1n) is 6.27. The van der Waals surface area contributed by atoms with Crippen LogP contribution in [0, 0.1) is 0 Å². The highest BCUT2D eigenvalue weighted by Gasteiger charge is 2.17. The summed E-state index contributed by atoms with van der Waals surface area (Å²) in [5, 5.41) is 0.891. The van der Waals surface area contributed by atoms with E-state index in [1.54, 1.807) is 26.8 Å². The van der Waals surface area contributed by atoms with E-state index in [2.05, 4.69) is 15.9 Å². The number of hydrogen-bond donors (Lipinski definition) is 0. The first-order chi connectivity index (χ1) is 9.26. The fourth-order valence-electron chi connectivity index (χ4n) is 1.94. The van der Waals surface area contributed by atoms with E-state index in [-0.39, 0.29) is 12.1 Å². The van der Waals surface area contributed by atoms with Gasteiger partial charge in [0.1, 0.15) is 12.1 Å². The second-order valence-electron chi connectivity index (χ2n) is 5.55. The van der Waals surface area contributed by atoms with Crippen LogP contribution in [-0.4, -0.2) is 16.1 Å². The van der Waals surface area contributed by atoms with E-state index >= 15 is 0 Å². The molecule has 106 valence electrons. The highest BCUT2D eigenvalue weighted by molar-refractivity contribution is 9.10. The number of carbonyl (C=O) groups excluding carboxylic acids is 1. The van der Waals surface area contributed by atoms with Gasteiger partial charge in [0.15, 0.2) is 0 Å². The molecule has 1 heterocycles. The molecule has 0 bridgehead atoms. The lowest BCUT2D eigenvalue weighted by Gasteiger charge is -2.20. The van der Waals surface area contributed by atoms with Crippen molar-refractivity contribution in [3.8, 4) is 0 Å². The van der Waals surface area contributed by atoms with Gasteiger partial charge in [-0.25, -0.2) is 0 Å². The Morgan fingerprint density at radius 1 is 1.25 bits per heavy atom. The molecule has 1 aromatic carbocycles.